The number of hydrogen-bond acceptors (Lipinski definition) is 6. The van der Waals surface area contributed by atoms with Crippen LogP contribution < -0.4 is 5.32 Å². The van der Waals surface area contributed by atoms with Crippen LogP contribution in [-0.2, 0) is 15.1 Å². The Morgan fingerprint density at radius 2 is 1.89 bits per heavy atom. The molecule has 1 aliphatic heterocycles. The predicted molar refractivity (Wildman–Crippen MR) is 151 cm³/mol. The van der Waals surface area contributed by atoms with Gasteiger partial charge in [-0.1, -0.05) is 54.7 Å². The van der Waals surface area contributed by atoms with Gasteiger partial charge in [0.15, 0.2) is 5.78 Å². The van der Waals surface area contributed by atoms with Crippen LogP contribution in [0.2, 0.25) is 5.02 Å². The number of anilines is 2. The monoisotopic (exact) mass is 563 g/mol. The first-order valence-electron chi connectivity index (χ1n) is 12.3. The van der Waals surface area contributed by atoms with Gasteiger partial charge in [-0.15, -0.1) is 0 Å². The van der Waals surface area contributed by atoms with Crippen LogP contribution in [0.4, 0.5) is 15.9 Å². The predicted octanol–water partition coefficient (Wildman–Crippen LogP) is 7.23. The van der Waals surface area contributed by atoms with Gasteiger partial charge in [0.25, 0.3) is 0 Å². The molecule has 1 unspecified atom stereocenters. The number of thiol groups is 1. The second-order valence-electron chi connectivity index (χ2n) is 9.67. The number of nitrogens with zero attached hydrogens (tertiary/aromatic N) is 2. The molecular weight excluding hydrogens is 541 g/mol. The van der Waals surface area contributed by atoms with Crippen LogP contribution in [0, 0.1) is 5.82 Å². The molecule has 0 spiro atoms. The third-order valence-electron chi connectivity index (χ3n) is 7.26. The SMILES string of the molecule is O=C1C[C@@](c2ccsc2)(c2cccc(Nc3ccc(C4CC4)cc3F)n2)N(S)C(=O)C1c1ccccc1Cl. The van der Waals surface area contributed by atoms with E-state index in [-0.39, 0.29) is 18.0 Å². The van der Waals surface area contributed by atoms with Gasteiger partial charge < -0.3 is 5.32 Å². The van der Waals surface area contributed by atoms with E-state index in [0.29, 0.717) is 33.7 Å². The lowest BCUT2D eigenvalue weighted by Gasteiger charge is -2.45. The first kappa shape index (κ1) is 25.1. The summed E-state index contributed by atoms with van der Waals surface area (Å²) in [4.78, 5) is 32.2. The highest BCUT2D eigenvalue weighted by atomic mass is 35.5. The third kappa shape index (κ3) is 4.30. The van der Waals surface area contributed by atoms with E-state index >= 15 is 0 Å². The lowest BCUT2D eigenvalue weighted by Crippen LogP contribution is -2.54. The van der Waals surface area contributed by atoms with Crippen molar-refractivity contribution in [1.29, 1.82) is 0 Å². The molecule has 2 aromatic heterocycles. The lowest BCUT2D eigenvalue weighted by molar-refractivity contribution is -0.142. The number of pyridine rings is 1. The van der Waals surface area contributed by atoms with Crippen LogP contribution in [0.25, 0.3) is 0 Å². The highest BCUT2D eigenvalue weighted by Crippen LogP contribution is 2.48. The zero-order valence-electron chi connectivity index (χ0n) is 20.1. The van der Waals surface area contributed by atoms with Gasteiger partial charge in [0.05, 0.1) is 11.4 Å². The minimum absolute atomic E-state index is 0.0459. The number of ketones is 1. The van der Waals surface area contributed by atoms with E-state index < -0.39 is 17.4 Å². The molecule has 3 heterocycles. The number of amides is 1. The molecule has 0 radical (unpaired) electrons. The molecule has 1 saturated carbocycles. The molecule has 5 nitrogen and oxygen atoms in total. The smallest absolute Gasteiger partial charge is 0.248 e. The van der Waals surface area contributed by atoms with Crippen molar-refractivity contribution in [2.24, 2.45) is 0 Å². The molecule has 6 rings (SSSR count). The van der Waals surface area contributed by atoms with Crippen LogP contribution in [0.15, 0.2) is 77.5 Å². The van der Waals surface area contributed by atoms with Gasteiger partial charge in [-0.3, -0.25) is 13.9 Å². The fraction of sp³-hybridized carbons (Fsp3) is 0.207. The minimum Gasteiger partial charge on any atom is -0.338 e. The fourth-order valence-electron chi connectivity index (χ4n) is 5.14. The van der Waals surface area contributed by atoms with Crippen molar-refractivity contribution in [3.05, 3.63) is 111 Å². The molecule has 2 aliphatic rings. The molecule has 0 bridgehead atoms. The summed E-state index contributed by atoms with van der Waals surface area (Å²) in [5, 5.41) is 7.18. The number of rotatable bonds is 6. The van der Waals surface area contributed by atoms with E-state index in [0.717, 1.165) is 24.0 Å². The first-order chi connectivity index (χ1) is 18.4. The number of carbonyl (C=O) groups excluding carboxylic acids is 2. The van der Waals surface area contributed by atoms with Crippen LogP contribution in [0.3, 0.4) is 0 Å². The van der Waals surface area contributed by atoms with Crippen molar-refractivity contribution < 1.29 is 14.0 Å². The minimum atomic E-state index is -1.25. The van der Waals surface area contributed by atoms with E-state index in [9.17, 15) is 14.0 Å². The Labute approximate surface area is 234 Å². The van der Waals surface area contributed by atoms with Crippen molar-refractivity contribution in [2.45, 2.75) is 36.6 Å². The standard InChI is InChI=1S/C29H23ClFN3O2S2/c30-21-5-2-1-4-20(21)27-24(35)15-29(34(37)28(27)36,19-12-13-38-16-19)25-6-3-7-26(33-25)32-23-11-10-18(14-22(23)31)17-8-9-17/h1-7,10-14,16-17,27,37H,8-9,15H2,(H,32,33)/t27?,29-/m1/s1. The molecule has 9 heteroatoms. The number of carbonyl (C=O) groups is 2. The maximum absolute atomic E-state index is 14.9. The number of nitrogens with one attached hydrogen (secondary N) is 1. The molecule has 4 aromatic rings. The lowest BCUT2D eigenvalue weighted by atomic mass is 9.75. The normalized spacial score (nSPS) is 21.6. The molecule has 2 aromatic carbocycles. The fourth-order valence-corrected chi connectivity index (χ4v) is 6.51. The van der Waals surface area contributed by atoms with Crippen LogP contribution in [-0.4, -0.2) is 21.0 Å². The van der Waals surface area contributed by atoms with Gasteiger partial charge in [-0.05, 0) is 82.6 Å². The molecule has 1 amide bonds. The summed E-state index contributed by atoms with van der Waals surface area (Å²) in [6.45, 7) is 0. The molecule has 1 N–H and O–H groups in total. The van der Waals surface area contributed by atoms with E-state index in [1.165, 1.54) is 15.6 Å². The van der Waals surface area contributed by atoms with E-state index in [4.69, 9.17) is 16.6 Å². The molecule has 1 saturated heterocycles. The Kier molecular flexibility index (Phi) is 6.50. The van der Waals surface area contributed by atoms with Gasteiger partial charge in [0.1, 0.15) is 23.1 Å². The summed E-state index contributed by atoms with van der Waals surface area (Å²) in [6.07, 6.45) is 2.14. The van der Waals surface area contributed by atoms with Crippen molar-refractivity contribution >= 4 is 58.9 Å². The number of Topliss-reactive ketones (excluding diaryl/α,β-unsaturated/α-hetero) is 1. The number of aromatic nitrogens is 1. The largest absolute Gasteiger partial charge is 0.338 e. The average Bonchev–Trinajstić information content (AvgIpc) is 3.62. The Morgan fingerprint density at radius 1 is 1.08 bits per heavy atom. The maximum Gasteiger partial charge on any atom is 0.248 e. The quantitative estimate of drug-likeness (QED) is 0.192. The van der Waals surface area contributed by atoms with E-state index in [2.05, 4.69) is 18.1 Å². The molecule has 1 aliphatic carbocycles. The summed E-state index contributed by atoms with van der Waals surface area (Å²) in [5.41, 5.74) is 1.69. The van der Waals surface area contributed by atoms with Gasteiger partial charge in [-0.25, -0.2) is 9.37 Å². The topological polar surface area (TPSA) is 62.3 Å². The average molecular weight is 564 g/mol. The third-order valence-corrected chi connectivity index (χ3v) is 8.83. The number of thiophene rings is 1. The number of benzene rings is 2. The summed E-state index contributed by atoms with van der Waals surface area (Å²) >= 11 is 12.5. The van der Waals surface area contributed by atoms with E-state index in [1.807, 2.05) is 22.9 Å². The van der Waals surface area contributed by atoms with Crippen LogP contribution in [0.1, 0.15) is 53.5 Å². The molecular formula is C29H23ClFN3O2S2. The molecule has 192 valence electrons. The van der Waals surface area contributed by atoms with Crippen molar-refractivity contribution in [3.8, 4) is 0 Å². The van der Waals surface area contributed by atoms with Crippen molar-refractivity contribution in [1.82, 2.24) is 9.29 Å². The Balaban J connectivity index is 1.39. The van der Waals surface area contributed by atoms with Gasteiger partial charge in [0.2, 0.25) is 5.91 Å². The van der Waals surface area contributed by atoms with Crippen LogP contribution >= 0.6 is 35.8 Å². The zero-order valence-corrected chi connectivity index (χ0v) is 22.6. The number of hydrogen-bond donors (Lipinski definition) is 2. The van der Waals surface area contributed by atoms with Gasteiger partial charge in [-0.2, -0.15) is 11.3 Å². The number of halogens is 2. The summed E-state index contributed by atoms with van der Waals surface area (Å²) in [5.74, 6) is -1.33. The highest BCUT2D eigenvalue weighted by molar-refractivity contribution is 7.78. The molecule has 2 atom stereocenters. The molecule has 38 heavy (non-hydrogen) atoms. The second-order valence-corrected chi connectivity index (χ2v) is 11.3. The summed E-state index contributed by atoms with van der Waals surface area (Å²) in [6, 6.07) is 19.2. The van der Waals surface area contributed by atoms with Crippen molar-refractivity contribution in [3.63, 3.8) is 0 Å². The number of piperidine rings is 1. The first-order valence-corrected chi connectivity index (χ1v) is 14.0. The van der Waals surface area contributed by atoms with Gasteiger partial charge in [0, 0.05) is 11.4 Å². The Bertz CT molecular complexity index is 1540. The maximum atomic E-state index is 14.9. The summed E-state index contributed by atoms with van der Waals surface area (Å²) in [7, 11) is 0. The van der Waals surface area contributed by atoms with E-state index in [1.54, 1.807) is 54.6 Å². The van der Waals surface area contributed by atoms with Crippen molar-refractivity contribution in [2.75, 3.05) is 5.32 Å². The summed E-state index contributed by atoms with van der Waals surface area (Å²) < 4.78 is 16.2. The van der Waals surface area contributed by atoms with Gasteiger partial charge >= 0.3 is 0 Å². The second kappa shape index (κ2) is 9.84. The molecule has 2 fully saturated rings. The highest BCUT2D eigenvalue weighted by Gasteiger charge is 2.53. The van der Waals surface area contributed by atoms with Crippen LogP contribution in [0.5, 0.6) is 0 Å². The Morgan fingerprint density at radius 3 is 2.61 bits per heavy atom. The zero-order chi connectivity index (χ0) is 26.4. The Hall–Kier alpha value is -3.20.